The van der Waals surface area contributed by atoms with Gasteiger partial charge in [-0.25, -0.2) is 0 Å². The summed E-state index contributed by atoms with van der Waals surface area (Å²) >= 11 is 1.91. The van der Waals surface area contributed by atoms with Crippen LogP contribution in [-0.4, -0.2) is 39.6 Å². The molecule has 2 heterocycles. The molecular weight excluding hydrogens is 575 g/mol. The second-order valence-electron chi connectivity index (χ2n) is 14.4. The van der Waals surface area contributed by atoms with E-state index in [-0.39, 0.29) is 17.2 Å². The molecule has 45 heavy (non-hydrogen) atoms. The minimum atomic E-state index is -0.178. The lowest BCUT2D eigenvalue weighted by Crippen LogP contribution is -2.47. The van der Waals surface area contributed by atoms with E-state index in [9.17, 15) is 0 Å². The highest BCUT2D eigenvalue weighted by molar-refractivity contribution is 7.99. The minimum Gasteiger partial charge on any atom is -0.374 e. The number of hydrogen-bond donors (Lipinski definition) is 1. The van der Waals surface area contributed by atoms with Crippen LogP contribution >= 0.6 is 11.8 Å². The summed E-state index contributed by atoms with van der Waals surface area (Å²) in [6.45, 7) is 31.8. The van der Waals surface area contributed by atoms with Gasteiger partial charge in [-0.05, 0) is 147 Å². The van der Waals surface area contributed by atoms with Crippen LogP contribution in [-0.2, 0) is 22.5 Å². The normalized spacial score (nSPS) is 12.6. The quantitative estimate of drug-likeness (QED) is 0.150. The van der Waals surface area contributed by atoms with Crippen LogP contribution < -0.4 is 5.32 Å². The molecule has 1 unspecified atom stereocenters. The topological polar surface area (TPSA) is 56.1 Å². The molecule has 1 N–H and O–H groups in total. The van der Waals surface area contributed by atoms with Crippen molar-refractivity contribution in [3.8, 4) is 0 Å². The lowest BCUT2D eigenvalue weighted by atomic mass is 9.94. The van der Waals surface area contributed by atoms with Crippen LogP contribution in [0.25, 0.3) is 0 Å². The summed E-state index contributed by atoms with van der Waals surface area (Å²) < 4.78 is 8.75. The SMILES string of the molecule is C=C(CCCc1c(C(C)C)c(Sc2cc(C)cc(C)c2)n(Cc2ccncc2)c1C)C(COC(C)(C)C)NC(C)(C)C.CC=O. The van der Waals surface area contributed by atoms with Gasteiger partial charge in [0, 0.05) is 35.1 Å². The summed E-state index contributed by atoms with van der Waals surface area (Å²) in [7, 11) is 0. The molecule has 0 spiro atoms. The van der Waals surface area contributed by atoms with Gasteiger partial charge in [-0.2, -0.15) is 0 Å². The van der Waals surface area contributed by atoms with Gasteiger partial charge in [-0.1, -0.05) is 43.8 Å². The van der Waals surface area contributed by atoms with E-state index in [0.29, 0.717) is 12.5 Å². The molecule has 0 saturated heterocycles. The Kier molecular flexibility index (Phi) is 14.8. The smallest absolute Gasteiger partial charge is 0.116 e. The molecule has 0 aliphatic carbocycles. The number of rotatable bonds is 13. The van der Waals surface area contributed by atoms with Crippen LogP contribution in [0.3, 0.4) is 0 Å². The summed E-state index contributed by atoms with van der Waals surface area (Å²) in [6, 6.07) is 11.3. The van der Waals surface area contributed by atoms with E-state index in [1.807, 2.05) is 24.2 Å². The average Bonchev–Trinajstić information content (AvgIpc) is 3.16. The Morgan fingerprint density at radius 1 is 1.04 bits per heavy atom. The molecule has 0 saturated carbocycles. The van der Waals surface area contributed by atoms with E-state index < -0.39 is 0 Å². The van der Waals surface area contributed by atoms with Gasteiger partial charge >= 0.3 is 0 Å². The standard InChI is InChI=1S/C37H55N3OS.C2H4O/c1-25(2)34-32(15-13-14-28(5)33(39-36(7,8)9)24-41-37(10,11)12)29(6)40(23-30-16-18-38-19-17-30)35(34)42-31-21-26(3)20-27(4)22-31;1-2-3/h16-22,25,33,39H,5,13-15,23-24H2,1-4,6-12H3;2H,1H3. The van der Waals surface area contributed by atoms with Crippen molar-refractivity contribution in [1.82, 2.24) is 14.9 Å². The molecule has 0 fully saturated rings. The Bertz CT molecular complexity index is 1360. The highest BCUT2D eigenvalue weighted by atomic mass is 32.2. The van der Waals surface area contributed by atoms with Gasteiger partial charge in [-0.3, -0.25) is 4.98 Å². The van der Waals surface area contributed by atoms with E-state index >= 15 is 0 Å². The first-order valence-electron chi connectivity index (χ1n) is 16.3. The minimum absolute atomic E-state index is 0.0132. The predicted molar refractivity (Wildman–Crippen MR) is 193 cm³/mol. The Labute approximate surface area is 278 Å². The number of nitrogens with one attached hydrogen (secondary N) is 1. The zero-order chi connectivity index (χ0) is 33.9. The van der Waals surface area contributed by atoms with Gasteiger partial charge < -0.3 is 19.4 Å². The molecule has 1 atom stereocenters. The van der Waals surface area contributed by atoms with Crippen LogP contribution in [0.2, 0.25) is 0 Å². The van der Waals surface area contributed by atoms with Crippen LogP contribution in [0.4, 0.5) is 0 Å². The molecule has 3 rings (SSSR count). The molecule has 6 heteroatoms. The Morgan fingerprint density at radius 2 is 1.62 bits per heavy atom. The monoisotopic (exact) mass is 633 g/mol. The summed E-state index contributed by atoms with van der Waals surface area (Å²) in [5.74, 6) is 0.421. The molecule has 5 nitrogen and oxygen atoms in total. The predicted octanol–water partition coefficient (Wildman–Crippen LogP) is 9.79. The highest BCUT2D eigenvalue weighted by Crippen LogP contribution is 2.41. The number of aldehydes is 1. The van der Waals surface area contributed by atoms with Gasteiger partial charge in [0.2, 0.25) is 0 Å². The van der Waals surface area contributed by atoms with Crippen molar-refractivity contribution in [2.75, 3.05) is 6.61 Å². The van der Waals surface area contributed by atoms with Crippen molar-refractivity contribution < 1.29 is 9.53 Å². The number of ether oxygens (including phenoxy) is 1. The van der Waals surface area contributed by atoms with Crippen molar-refractivity contribution in [3.05, 3.63) is 88.4 Å². The van der Waals surface area contributed by atoms with Gasteiger partial charge in [0.25, 0.3) is 0 Å². The van der Waals surface area contributed by atoms with E-state index in [4.69, 9.17) is 9.53 Å². The first kappa shape index (κ1) is 38.5. The van der Waals surface area contributed by atoms with E-state index in [1.54, 1.807) is 0 Å². The fourth-order valence-electron chi connectivity index (χ4n) is 5.55. The van der Waals surface area contributed by atoms with Crippen molar-refractivity contribution in [2.45, 2.75) is 142 Å². The number of carbonyl (C=O) groups is 1. The fraction of sp³-hybridized carbons (Fsp3) is 0.538. The van der Waals surface area contributed by atoms with Crippen molar-refractivity contribution in [1.29, 1.82) is 0 Å². The maximum Gasteiger partial charge on any atom is 0.116 e. The van der Waals surface area contributed by atoms with Crippen LogP contribution in [0.5, 0.6) is 0 Å². The van der Waals surface area contributed by atoms with Gasteiger partial charge in [0.15, 0.2) is 0 Å². The number of aromatic nitrogens is 2. The van der Waals surface area contributed by atoms with Crippen molar-refractivity contribution in [3.63, 3.8) is 0 Å². The van der Waals surface area contributed by atoms with Crippen molar-refractivity contribution >= 4 is 18.0 Å². The molecule has 0 amide bonds. The maximum atomic E-state index is 8.81. The lowest BCUT2D eigenvalue weighted by Gasteiger charge is -2.32. The number of pyridine rings is 1. The number of benzene rings is 1. The fourth-order valence-corrected chi connectivity index (χ4v) is 7.05. The zero-order valence-electron chi connectivity index (χ0n) is 30.1. The number of aryl methyl sites for hydroxylation is 2. The third-order valence-electron chi connectivity index (χ3n) is 7.43. The highest BCUT2D eigenvalue weighted by Gasteiger charge is 2.25. The first-order chi connectivity index (χ1) is 21.0. The maximum absolute atomic E-state index is 8.81. The Balaban J connectivity index is 0.00000226. The molecule has 0 radical (unpaired) electrons. The molecule has 3 aromatic rings. The average molecular weight is 634 g/mol. The van der Waals surface area contributed by atoms with Gasteiger partial charge in [-0.15, -0.1) is 0 Å². The summed E-state index contributed by atoms with van der Waals surface area (Å²) in [6.07, 6.45) is 7.60. The molecular formula is C39H59N3O2S. The molecule has 2 aromatic heterocycles. The molecule has 248 valence electrons. The Hall–Kier alpha value is -2.67. The molecule has 0 aliphatic rings. The summed E-state index contributed by atoms with van der Waals surface area (Å²) in [5, 5.41) is 5.12. The molecule has 0 aliphatic heterocycles. The van der Waals surface area contributed by atoms with E-state index in [0.717, 1.165) is 32.1 Å². The van der Waals surface area contributed by atoms with E-state index in [1.165, 1.54) is 55.9 Å². The number of nitrogens with zero attached hydrogens (tertiary/aromatic N) is 2. The summed E-state index contributed by atoms with van der Waals surface area (Å²) in [4.78, 5) is 14.4. The molecule has 1 aromatic carbocycles. The molecule has 0 bridgehead atoms. The van der Waals surface area contributed by atoms with Crippen LogP contribution in [0, 0.1) is 20.8 Å². The third kappa shape index (κ3) is 12.9. The largest absolute Gasteiger partial charge is 0.374 e. The van der Waals surface area contributed by atoms with Crippen LogP contribution in [0.15, 0.2) is 64.8 Å². The zero-order valence-corrected chi connectivity index (χ0v) is 31.0. The van der Waals surface area contributed by atoms with Crippen LogP contribution in [0.1, 0.15) is 115 Å². The number of hydrogen-bond acceptors (Lipinski definition) is 5. The van der Waals surface area contributed by atoms with E-state index in [2.05, 4.69) is 128 Å². The van der Waals surface area contributed by atoms with Crippen molar-refractivity contribution in [2.24, 2.45) is 0 Å². The second kappa shape index (κ2) is 17.3. The summed E-state index contributed by atoms with van der Waals surface area (Å²) in [5.41, 5.74) is 9.26. The Morgan fingerprint density at radius 3 is 2.13 bits per heavy atom. The van der Waals surface area contributed by atoms with Gasteiger partial charge in [0.1, 0.15) is 6.29 Å². The lowest BCUT2D eigenvalue weighted by molar-refractivity contribution is -0.106. The first-order valence-corrected chi connectivity index (χ1v) is 17.1. The van der Waals surface area contributed by atoms with Gasteiger partial charge in [0.05, 0.1) is 23.3 Å². The number of carbonyl (C=O) groups excluding carboxylic acids is 1. The second-order valence-corrected chi connectivity index (χ2v) is 15.5. The third-order valence-corrected chi connectivity index (χ3v) is 8.53.